The molecule has 0 atom stereocenters. The SMILES string of the molecule is CCOc1cc(/C=C2/SC(=O)N(CC(=O)O)C2=O)cc(Br)c1OCc1ccccc1F. The smallest absolute Gasteiger partial charge is 0.323 e. The van der Waals surface area contributed by atoms with Gasteiger partial charge in [-0.1, -0.05) is 18.2 Å². The van der Waals surface area contributed by atoms with Crippen molar-refractivity contribution in [1.29, 1.82) is 0 Å². The second-order valence-electron chi connectivity index (χ2n) is 6.30. The van der Waals surface area contributed by atoms with Crippen molar-refractivity contribution in [2.24, 2.45) is 0 Å². The number of aliphatic carboxylic acids is 1. The molecule has 0 saturated carbocycles. The van der Waals surface area contributed by atoms with Crippen molar-refractivity contribution in [3.05, 3.63) is 62.7 Å². The molecule has 0 radical (unpaired) electrons. The number of hydrogen-bond acceptors (Lipinski definition) is 6. The van der Waals surface area contributed by atoms with Crippen molar-refractivity contribution in [3.63, 3.8) is 0 Å². The van der Waals surface area contributed by atoms with E-state index in [9.17, 15) is 18.8 Å². The number of ether oxygens (including phenoxy) is 2. The van der Waals surface area contributed by atoms with Gasteiger partial charge in [0.1, 0.15) is 19.0 Å². The van der Waals surface area contributed by atoms with Gasteiger partial charge in [0, 0.05) is 5.56 Å². The van der Waals surface area contributed by atoms with Crippen molar-refractivity contribution in [3.8, 4) is 11.5 Å². The molecule has 7 nitrogen and oxygen atoms in total. The first-order valence-electron chi connectivity index (χ1n) is 9.09. The number of carboxylic acid groups (broad SMARTS) is 1. The summed E-state index contributed by atoms with van der Waals surface area (Å²) in [5.74, 6) is -1.61. The van der Waals surface area contributed by atoms with Gasteiger partial charge < -0.3 is 14.6 Å². The number of imide groups is 1. The number of halogens is 2. The lowest BCUT2D eigenvalue weighted by atomic mass is 10.1. The molecule has 1 N–H and O–H groups in total. The molecule has 1 aliphatic heterocycles. The van der Waals surface area contributed by atoms with E-state index in [1.165, 1.54) is 12.1 Å². The average molecular weight is 510 g/mol. The second kappa shape index (κ2) is 9.97. The summed E-state index contributed by atoms with van der Waals surface area (Å²) >= 11 is 4.07. The van der Waals surface area contributed by atoms with Crippen LogP contribution in [-0.2, 0) is 16.2 Å². The summed E-state index contributed by atoms with van der Waals surface area (Å²) in [4.78, 5) is 35.9. The molecule has 2 aromatic carbocycles. The molecular weight excluding hydrogens is 493 g/mol. The summed E-state index contributed by atoms with van der Waals surface area (Å²) in [7, 11) is 0. The van der Waals surface area contributed by atoms with E-state index < -0.39 is 23.7 Å². The Morgan fingerprint density at radius 3 is 2.68 bits per heavy atom. The Labute approximate surface area is 189 Å². The van der Waals surface area contributed by atoms with Crippen molar-refractivity contribution >= 4 is 50.9 Å². The average Bonchev–Trinajstić information content (AvgIpc) is 2.96. The van der Waals surface area contributed by atoms with E-state index in [0.29, 0.717) is 50.4 Å². The maximum atomic E-state index is 13.9. The molecule has 10 heteroatoms. The highest BCUT2D eigenvalue weighted by atomic mass is 79.9. The van der Waals surface area contributed by atoms with E-state index in [1.54, 1.807) is 37.3 Å². The first-order valence-corrected chi connectivity index (χ1v) is 10.7. The van der Waals surface area contributed by atoms with Crippen LogP contribution >= 0.6 is 27.7 Å². The largest absolute Gasteiger partial charge is 0.490 e. The third kappa shape index (κ3) is 5.45. The molecular formula is C21H17BrFNO6S. The van der Waals surface area contributed by atoms with Gasteiger partial charge in [-0.25, -0.2) is 4.39 Å². The molecule has 0 aromatic heterocycles. The fourth-order valence-electron chi connectivity index (χ4n) is 2.76. The Hall–Kier alpha value is -2.85. The number of carbonyl (C=O) groups excluding carboxylic acids is 2. The first kappa shape index (κ1) is 22.8. The maximum absolute atomic E-state index is 13.9. The number of amides is 2. The molecule has 0 unspecified atom stereocenters. The normalized spacial score (nSPS) is 14.9. The molecule has 3 rings (SSSR count). The molecule has 2 amide bonds. The molecule has 1 fully saturated rings. The topological polar surface area (TPSA) is 93.1 Å². The van der Waals surface area contributed by atoms with Crippen LogP contribution in [0.3, 0.4) is 0 Å². The molecule has 1 saturated heterocycles. The summed E-state index contributed by atoms with van der Waals surface area (Å²) in [6.07, 6.45) is 1.47. The van der Waals surface area contributed by atoms with Crippen LogP contribution in [0.4, 0.5) is 9.18 Å². The van der Waals surface area contributed by atoms with Crippen LogP contribution in [0.25, 0.3) is 6.08 Å². The highest BCUT2D eigenvalue weighted by molar-refractivity contribution is 9.10. The lowest BCUT2D eigenvalue weighted by Crippen LogP contribution is -2.33. The van der Waals surface area contributed by atoms with Crippen molar-refractivity contribution in [2.75, 3.05) is 13.2 Å². The minimum absolute atomic E-state index is 0.0151. The number of thioether (sulfide) groups is 1. The van der Waals surface area contributed by atoms with Crippen LogP contribution in [0.15, 0.2) is 45.8 Å². The fraction of sp³-hybridized carbons (Fsp3) is 0.190. The van der Waals surface area contributed by atoms with Crippen LogP contribution in [0, 0.1) is 5.82 Å². The Morgan fingerprint density at radius 2 is 2.00 bits per heavy atom. The zero-order valence-electron chi connectivity index (χ0n) is 16.3. The van der Waals surface area contributed by atoms with Crippen LogP contribution in [0.1, 0.15) is 18.1 Å². The number of carboxylic acids is 1. The van der Waals surface area contributed by atoms with E-state index in [4.69, 9.17) is 14.6 Å². The molecule has 31 heavy (non-hydrogen) atoms. The van der Waals surface area contributed by atoms with E-state index in [2.05, 4.69) is 15.9 Å². The van der Waals surface area contributed by atoms with Gasteiger partial charge in [-0.15, -0.1) is 0 Å². The van der Waals surface area contributed by atoms with Gasteiger partial charge in [-0.3, -0.25) is 19.3 Å². The molecule has 0 spiro atoms. The van der Waals surface area contributed by atoms with E-state index in [-0.39, 0.29) is 17.3 Å². The predicted molar refractivity (Wildman–Crippen MR) is 116 cm³/mol. The minimum Gasteiger partial charge on any atom is -0.490 e. The van der Waals surface area contributed by atoms with E-state index in [0.717, 1.165) is 0 Å². The molecule has 1 aliphatic rings. The first-order chi connectivity index (χ1) is 14.8. The zero-order chi connectivity index (χ0) is 22.5. The van der Waals surface area contributed by atoms with Crippen LogP contribution in [0.2, 0.25) is 0 Å². The van der Waals surface area contributed by atoms with Crippen molar-refractivity contribution in [2.45, 2.75) is 13.5 Å². The van der Waals surface area contributed by atoms with Crippen molar-refractivity contribution < 1.29 is 33.4 Å². The third-order valence-electron chi connectivity index (χ3n) is 4.13. The quantitative estimate of drug-likeness (QED) is 0.516. The van der Waals surface area contributed by atoms with Crippen LogP contribution in [0.5, 0.6) is 11.5 Å². The summed E-state index contributed by atoms with van der Waals surface area (Å²) in [5, 5.41) is 8.22. The summed E-state index contributed by atoms with van der Waals surface area (Å²) < 4.78 is 25.8. The summed E-state index contributed by atoms with van der Waals surface area (Å²) in [6, 6.07) is 9.54. The van der Waals surface area contributed by atoms with Gasteiger partial charge >= 0.3 is 5.97 Å². The van der Waals surface area contributed by atoms with E-state index in [1.807, 2.05) is 0 Å². The lowest BCUT2D eigenvalue weighted by Gasteiger charge is -2.15. The number of rotatable bonds is 8. The Morgan fingerprint density at radius 1 is 1.26 bits per heavy atom. The highest BCUT2D eigenvalue weighted by Crippen LogP contribution is 2.39. The fourth-order valence-corrected chi connectivity index (χ4v) is 4.18. The lowest BCUT2D eigenvalue weighted by molar-refractivity contribution is -0.140. The Kier molecular flexibility index (Phi) is 7.34. The van der Waals surface area contributed by atoms with Gasteiger partial charge in [-0.05, 0) is 64.5 Å². The second-order valence-corrected chi connectivity index (χ2v) is 8.15. The summed E-state index contributed by atoms with van der Waals surface area (Å²) in [5.41, 5.74) is 0.919. The minimum atomic E-state index is -1.28. The monoisotopic (exact) mass is 509 g/mol. The molecule has 0 bridgehead atoms. The van der Waals surface area contributed by atoms with Gasteiger partial charge in [0.2, 0.25) is 0 Å². The highest BCUT2D eigenvalue weighted by Gasteiger charge is 2.36. The molecule has 162 valence electrons. The van der Waals surface area contributed by atoms with Crippen LogP contribution < -0.4 is 9.47 Å². The van der Waals surface area contributed by atoms with Gasteiger partial charge in [0.25, 0.3) is 11.1 Å². The Bertz CT molecular complexity index is 1070. The number of carbonyl (C=O) groups is 3. The maximum Gasteiger partial charge on any atom is 0.323 e. The van der Waals surface area contributed by atoms with Gasteiger partial charge in [-0.2, -0.15) is 0 Å². The van der Waals surface area contributed by atoms with E-state index >= 15 is 0 Å². The molecule has 1 heterocycles. The van der Waals surface area contributed by atoms with Crippen LogP contribution in [-0.4, -0.2) is 40.3 Å². The van der Waals surface area contributed by atoms with Gasteiger partial charge in [0.05, 0.1) is 16.0 Å². The number of benzene rings is 2. The Balaban J connectivity index is 1.87. The zero-order valence-corrected chi connectivity index (χ0v) is 18.7. The standard InChI is InChI=1S/C21H17BrFNO6S/c1-2-29-16-8-12(9-17-20(27)24(10-18(25)26)21(28)31-17)7-14(22)19(16)30-11-13-5-3-4-6-15(13)23/h3-9H,2,10-11H2,1H3,(H,25,26)/b17-9+. The van der Waals surface area contributed by atoms with Crippen molar-refractivity contribution in [1.82, 2.24) is 4.90 Å². The molecule has 0 aliphatic carbocycles. The third-order valence-corrected chi connectivity index (χ3v) is 5.62. The molecule has 2 aromatic rings. The number of nitrogens with zero attached hydrogens (tertiary/aromatic N) is 1. The van der Waals surface area contributed by atoms with Gasteiger partial charge in [0.15, 0.2) is 11.5 Å². The number of hydrogen-bond donors (Lipinski definition) is 1. The summed E-state index contributed by atoms with van der Waals surface area (Å²) in [6.45, 7) is 1.41. The predicted octanol–water partition coefficient (Wildman–Crippen LogP) is 4.69.